The van der Waals surface area contributed by atoms with Gasteiger partial charge in [-0.2, -0.15) is 23.5 Å². The molecule has 0 atom stereocenters. The number of hydrogen-bond acceptors (Lipinski definition) is 10. The van der Waals surface area contributed by atoms with Gasteiger partial charge in [-0.1, -0.05) is 0 Å². The number of rotatable bonds is 6. The molecule has 0 aliphatic heterocycles. The van der Waals surface area contributed by atoms with E-state index in [4.69, 9.17) is 26.4 Å². The predicted molar refractivity (Wildman–Crippen MR) is 115 cm³/mol. The van der Waals surface area contributed by atoms with Gasteiger partial charge in [0.15, 0.2) is 10.1 Å². The van der Waals surface area contributed by atoms with E-state index in [9.17, 15) is 13.2 Å². The molecule has 0 aliphatic rings. The normalized spacial score (nSPS) is 11.6. The molecule has 0 aliphatic carbocycles. The Hall–Kier alpha value is -3.00. The van der Waals surface area contributed by atoms with E-state index in [2.05, 4.69) is 25.1 Å². The summed E-state index contributed by atoms with van der Waals surface area (Å²) in [6, 6.07) is 1.43. The highest BCUT2D eigenvalue weighted by Crippen LogP contribution is 2.23. The highest BCUT2D eigenvalue weighted by atomic mass is 32.2. The average Bonchev–Trinajstić information content (AvgIpc) is 2.94. The third-order valence-corrected chi connectivity index (χ3v) is 5.36. The van der Waals surface area contributed by atoms with Gasteiger partial charge in [-0.15, -0.1) is 0 Å². The molecule has 0 amide bonds. The van der Waals surface area contributed by atoms with Crippen molar-refractivity contribution in [2.24, 2.45) is 7.05 Å². The molecule has 0 fully saturated rings. The molecule has 2 heterocycles. The van der Waals surface area contributed by atoms with Crippen LogP contribution in [0.5, 0.6) is 11.8 Å². The molecule has 0 spiro atoms. The summed E-state index contributed by atoms with van der Waals surface area (Å²) in [7, 11) is -0.137. The molecule has 0 saturated carbocycles. The molecule has 2 aromatic heterocycles. The monoisotopic (exact) mass is 472 g/mol. The summed E-state index contributed by atoms with van der Waals surface area (Å²) in [6.07, 6.45) is 0. The third kappa shape index (κ3) is 6.01. The van der Waals surface area contributed by atoms with Crippen molar-refractivity contribution in [3.8, 4) is 11.8 Å². The van der Waals surface area contributed by atoms with E-state index in [1.165, 1.54) is 34.3 Å². The Labute approximate surface area is 185 Å². The summed E-state index contributed by atoms with van der Waals surface area (Å²) < 4.78 is 44.6. The smallest absolute Gasteiger partial charge is 0.343 e. The lowest BCUT2D eigenvalue weighted by Crippen LogP contribution is -2.36. The Balaban J connectivity index is 2.33. The number of nitrogens with zero attached hydrogens (tertiary/aromatic N) is 4. The number of aryl methyl sites for hydroxylation is 2. The van der Waals surface area contributed by atoms with Crippen LogP contribution < -0.4 is 19.5 Å². The second-order valence-corrected chi connectivity index (χ2v) is 9.23. The quantitative estimate of drug-likeness (QED) is 0.461. The zero-order chi connectivity index (χ0) is 23.6. The maximum atomic E-state index is 13.0. The Morgan fingerprint density at radius 2 is 1.71 bits per heavy atom. The van der Waals surface area contributed by atoms with Gasteiger partial charge >= 0.3 is 5.97 Å². The van der Waals surface area contributed by atoms with Crippen LogP contribution in [0.3, 0.4) is 0 Å². The highest BCUT2D eigenvalue weighted by Gasteiger charge is 2.33. The van der Waals surface area contributed by atoms with E-state index in [-0.39, 0.29) is 34.1 Å². The Morgan fingerprint density at radius 3 is 2.19 bits per heavy atom. The van der Waals surface area contributed by atoms with Crippen molar-refractivity contribution < 1.29 is 27.4 Å². The van der Waals surface area contributed by atoms with E-state index >= 15 is 0 Å². The standard InChI is InChI=1S/C17H24N6O6S2/c1-9-12(14(24)29-17(2,3)4)13(23(5)21-9)31(25,26)22-16(30)20-15-18-10(27-6)8-11(19-15)28-7/h8H,1-7H3,(H2,18,19,20,22,30). The van der Waals surface area contributed by atoms with Crippen LogP contribution in [0.15, 0.2) is 11.1 Å². The molecule has 14 heteroatoms. The first kappa shape index (κ1) is 24.3. The first-order valence-electron chi connectivity index (χ1n) is 8.85. The first-order chi connectivity index (χ1) is 14.3. The van der Waals surface area contributed by atoms with Gasteiger partial charge in [-0.25, -0.2) is 4.79 Å². The molecule has 2 rings (SSSR count). The van der Waals surface area contributed by atoms with Crippen LogP contribution in [0.4, 0.5) is 5.95 Å². The minimum Gasteiger partial charge on any atom is -0.481 e. The topological polar surface area (TPSA) is 147 Å². The molecule has 2 aromatic rings. The van der Waals surface area contributed by atoms with Gasteiger partial charge in [0.1, 0.15) is 11.2 Å². The molecular formula is C17H24N6O6S2. The lowest BCUT2D eigenvalue weighted by Gasteiger charge is -2.20. The van der Waals surface area contributed by atoms with Crippen LogP contribution >= 0.6 is 12.2 Å². The van der Waals surface area contributed by atoms with Crippen molar-refractivity contribution in [2.75, 3.05) is 19.5 Å². The van der Waals surface area contributed by atoms with Gasteiger partial charge in [0, 0.05) is 7.05 Å². The summed E-state index contributed by atoms with van der Waals surface area (Å²) >= 11 is 5.08. The fourth-order valence-electron chi connectivity index (χ4n) is 2.48. The van der Waals surface area contributed by atoms with E-state index < -0.39 is 26.6 Å². The van der Waals surface area contributed by atoms with Crippen molar-refractivity contribution in [3.63, 3.8) is 0 Å². The summed E-state index contributed by atoms with van der Waals surface area (Å²) in [4.78, 5) is 20.6. The molecule has 31 heavy (non-hydrogen) atoms. The van der Waals surface area contributed by atoms with Gasteiger partial charge < -0.3 is 19.5 Å². The fourth-order valence-corrected chi connectivity index (χ4v) is 4.18. The summed E-state index contributed by atoms with van der Waals surface area (Å²) in [5.41, 5.74) is -0.822. The predicted octanol–water partition coefficient (Wildman–Crippen LogP) is 1.17. The summed E-state index contributed by atoms with van der Waals surface area (Å²) in [5.74, 6) is -0.528. The van der Waals surface area contributed by atoms with Gasteiger partial charge in [0.2, 0.25) is 17.7 Å². The van der Waals surface area contributed by atoms with Crippen LogP contribution in [0.1, 0.15) is 36.8 Å². The summed E-state index contributed by atoms with van der Waals surface area (Å²) in [6.45, 7) is 6.52. The van der Waals surface area contributed by atoms with E-state index in [0.29, 0.717) is 0 Å². The molecule has 2 N–H and O–H groups in total. The fraction of sp³-hybridized carbons (Fsp3) is 0.471. The second kappa shape index (κ2) is 9.01. The molecule has 0 unspecified atom stereocenters. The zero-order valence-electron chi connectivity index (χ0n) is 18.1. The van der Waals surface area contributed by atoms with Crippen LogP contribution in [-0.2, 0) is 21.8 Å². The van der Waals surface area contributed by atoms with Crippen LogP contribution in [0, 0.1) is 6.92 Å². The van der Waals surface area contributed by atoms with Crippen molar-refractivity contribution in [1.29, 1.82) is 0 Å². The lowest BCUT2D eigenvalue weighted by atomic mass is 10.2. The van der Waals surface area contributed by atoms with Gasteiger partial charge in [0.05, 0.1) is 26.0 Å². The molecule has 0 radical (unpaired) electrons. The van der Waals surface area contributed by atoms with Crippen molar-refractivity contribution in [3.05, 3.63) is 17.3 Å². The largest absolute Gasteiger partial charge is 0.481 e. The summed E-state index contributed by atoms with van der Waals surface area (Å²) in [5, 5.41) is 5.84. The van der Waals surface area contributed by atoms with Crippen LogP contribution in [0.25, 0.3) is 0 Å². The number of methoxy groups -OCH3 is 2. The maximum absolute atomic E-state index is 13.0. The number of aromatic nitrogens is 4. The Morgan fingerprint density at radius 1 is 1.16 bits per heavy atom. The van der Waals surface area contributed by atoms with Crippen molar-refractivity contribution in [2.45, 2.75) is 38.3 Å². The number of carbonyl (C=O) groups excluding carboxylic acids is 1. The average molecular weight is 473 g/mol. The zero-order valence-corrected chi connectivity index (χ0v) is 19.8. The molecule has 170 valence electrons. The van der Waals surface area contributed by atoms with E-state index in [0.717, 1.165) is 4.68 Å². The molecule has 0 bridgehead atoms. The number of carbonyl (C=O) groups is 1. The minimum atomic E-state index is -4.32. The molecular weight excluding hydrogens is 448 g/mol. The number of esters is 1. The number of ether oxygens (including phenoxy) is 3. The Kier molecular flexibility index (Phi) is 7.06. The van der Waals surface area contributed by atoms with Gasteiger partial charge in [0.25, 0.3) is 10.0 Å². The molecule has 0 saturated heterocycles. The Bertz CT molecular complexity index is 1080. The number of hydrogen-bond donors (Lipinski definition) is 2. The van der Waals surface area contributed by atoms with Crippen molar-refractivity contribution in [1.82, 2.24) is 24.5 Å². The molecule has 0 aromatic carbocycles. The van der Waals surface area contributed by atoms with E-state index in [1.807, 2.05) is 0 Å². The highest BCUT2D eigenvalue weighted by molar-refractivity contribution is 7.92. The number of sulfonamides is 1. The third-order valence-electron chi connectivity index (χ3n) is 3.58. The number of anilines is 1. The maximum Gasteiger partial charge on any atom is 0.343 e. The van der Waals surface area contributed by atoms with Gasteiger partial charge in [-0.3, -0.25) is 9.40 Å². The number of thiocarbonyl (C=S) groups is 1. The minimum absolute atomic E-state index is 0.0579. The van der Waals surface area contributed by atoms with Crippen LogP contribution in [0.2, 0.25) is 0 Å². The lowest BCUT2D eigenvalue weighted by molar-refractivity contribution is 0.00638. The first-order valence-corrected chi connectivity index (χ1v) is 10.7. The molecule has 12 nitrogen and oxygen atoms in total. The SMILES string of the molecule is COc1cc(OC)nc(NC(=S)NS(=O)(=O)c2c(C(=O)OC(C)(C)C)c(C)nn2C)n1. The van der Waals surface area contributed by atoms with Crippen LogP contribution in [-0.4, -0.2) is 59.1 Å². The van der Waals surface area contributed by atoms with E-state index in [1.54, 1.807) is 20.8 Å². The van der Waals surface area contributed by atoms with Crippen molar-refractivity contribution >= 4 is 39.3 Å². The van der Waals surface area contributed by atoms with Gasteiger partial charge in [-0.05, 0) is 39.9 Å². The number of nitrogens with one attached hydrogen (secondary N) is 2. The second-order valence-electron chi connectivity index (χ2n) is 7.23.